The fraction of sp³-hybridized carbons (Fsp3) is 0.720. The van der Waals surface area contributed by atoms with Gasteiger partial charge in [0, 0.05) is 0 Å². The molecule has 3 rings (SSSR count). The van der Waals surface area contributed by atoms with Crippen molar-refractivity contribution in [2.45, 2.75) is 112 Å². The fourth-order valence-electron chi connectivity index (χ4n) is 3.63. The van der Waals surface area contributed by atoms with Crippen molar-refractivity contribution in [2.75, 3.05) is 11.5 Å². The van der Waals surface area contributed by atoms with Gasteiger partial charge in [0.15, 0.2) is 0 Å². The highest BCUT2D eigenvalue weighted by Crippen LogP contribution is 2.65. The standard InChI is InChI=1S/C25H38OS8/c1-3-5-7-9-11-13-15-17-27-19-20(28-18-16-14-12-10-8-6-4-2)30-21(29-19)22-31-23-24(32-22)34-25(26)33-23/h3-18H2,1-2H3. The van der Waals surface area contributed by atoms with Gasteiger partial charge >= 0.3 is 0 Å². The molecule has 0 N–H and O–H groups in total. The Balaban J connectivity index is 1.45. The molecule has 1 aromatic heterocycles. The summed E-state index contributed by atoms with van der Waals surface area (Å²) < 4.78 is 8.58. The first-order valence-corrected chi connectivity index (χ1v) is 19.7. The molecule has 9 heteroatoms. The molecule has 0 saturated heterocycles. The lowest BCUT2D eigenvalue weighted by Crippen LogP contribution is -1.85. The fourth-order valence-corrected chi connectivity index (χ4v) is 15.7. The second-order valence-electron chi connectivity index (χ2n) is 8.53. The van der Waals surface area contributed by atoms with Crippen LogP contribution in [0.25, 0.3) is 0 Å². The minimum Gasteiger partial charge on any atom is -0.265 e. The number of fused-ring (bicyclic) bond motifs is 1. The van der Waals surface area contributed by atoms with Crippen LogP contribution >= 0.6 is 93.2 Å². The lowest BCUT2D eigenvalue weighted by molar-refractivity contribution is 0.603. The molecule has 1 nitrogen and oxygen atoms in total. The third-order valence-corrected chi connectivity index (χ3v) is 17.0. The summed E-state index contributed by atoms with van der Waals surface area (Å²) in [6, 6.07) is 0. The molecular formula is C25H38OS8. The molecule has 0 spiro atoms. The average Bonchev–Trinajstić information content (AvgIpc) is 3.50. The lowest BCUT2D eigenvalue weighted by atomic mass is 10.1. The Morgan fingerprint density at radius 3 is 1.35 bits per heavy atom. The van der Waals surface area contributed by atoms with Crippen molar-refractivity contribution < 1.29 is 0 Å². The number of hydrogen-bond acceptors (Lipinski definition) is 9. The molecule has 0 bridgehead atoms. The second kappa shape index (κ2) is 17.8. The smallest absolute Gasteiger partial charge is 0.265 e. The number of rotatable bonds is 18. The topological polar surface area (TPSA) is 17.1 Å². The van der Waals surface area contributed by atoms with Gasteiger partial charge in [-0.05, 0) is 24.3 Å². The van der Waals surface area contributed by atoms with Crippen LogP contribution in [-0.4, -0.2) is 11.5 Å². The molecule has 0 saturated carbocycles. The molecule has 0 unspecified atom stereocenters. The molecule has 2 aliphatic rings. The van der Waals surface area contributed by atoms with E-state index < -0.39 is 0 Å². The summed E-state index contributed by atoms with van der Waals surface area (Å²) in [4.78, 5) is 11.7. The first-order valence-electron chi connectivity index (χ1n) is 12.8. The zero-order valence-electron chi connectivity index (χ0n) is 20.5. The summed E-state index contributed by atoms with van der Waals surface area (Å²) in [5.41, 5.74) is 0. The van der Waals surface area contributed by atoms with Gasteiger partial charge in [0.1, 0.15) is 0 Å². The van der Waals surface area contributed by atoms with Gasteiger partial charge in [-0.3, -0.25) is 4.79 Å². The van der Waals surface area contributed by atoms with Gasteiger partial charge in [-0.2, -0.15) is 0 Å². The molecule has 1 aromatic rings. The molecule has 192 valence electrons. The molecule has 0 amide bonds. The molecule has 0 fully saturated rings. The minimum atomic E-state index is 0.232. The lowest BCUT2D eigenvalue weighted by Gasteiger charge is -2.06. The van der Waals surface area contributed by atoms with Crippen molar-refractivity contribution in [3.05, 3.63) is 25.8 Å². The van der Waals surface area contributed by atoms with Crippen molar-refractivity contribution >= 4 is 93.2 Å². The summed E-state index contributed by atoms with van der Waals surface area (Å²) in [6.07, 6.45) is 19.3. The summed E-state index contributed by atoms with van der Waals surface area (Å²) in [6.45, 7) is 4.58. The van der Waals surface area contributed by atoms with Crippen LogP contribution in [0.2, 0.25) is 0 Å². The second-order valence-corrected chi connectivity index (χ2v) is 18.6. The van der Waals surface area contributed by atoms with E-state index in [1.165, 1.54) is 149 Å². The summed E-state index contributed by atoms with van der Waals surface area (Å²) in [5, 5.41) is 0. The van der Waals surface area contributed by atoms with E-state index in [4.69, 9.17) is 0 Å². The monoisotopic (exact) mass is 610 g/mol. The van der Waals surface area contributed by atoms with Crippen molar-refractivity contribution in [2.24, 2.45) is 0 Å². The van der Waals surface area contributed by atoms with Crippen LogP contribution in [0.3, 0.4) is 0 Å². The SMILES string of the molecule is CCCCCCCCCSC1=C(SCCCCCCCCC)SC(=C2Sc3sc(=O)sc3S2)S1. The van der Waals surface area contributed by atoms with Crippen LogP contribution in [0.5, 0.6) is 0 Å². The molecule has 0 radical (unpaired) electrons. The third kappa shape index (κ3) is 10.7. The maximum Gasteiger partial charge on any atom is 0.289 e. The summed E-state index contributed by atoms with van der Waals surface area (Å²) >= 11 is 14.7. The quantitative estimate of drug-likeness (QED) is 0.152. The molecule has 0 aromatic carbocycles. The van der Waals surface area contributed by atoms with Crippen LogP contribution in [0.4, 0.5) is 0 Å². The van der Waals surface area contributed by atoms with E-state index >= 15 is 0 Å². The van der Waals surface area contributed by atoms with Crippen LogP contribution in [-0.2, 0) is 0 Å². The van der Waals surface area contributed by atoms with E-state index in [0.29, 0.717) is 0 Å². The first kappa shape index (κ1) is 30.0. The highest BCUT2D eigenvalue weighted by atomic mass is 32.3. The number of thioether (sulfide) groups is 6. The Bertz CT molecular complexity index is 791. The molecule has 3 heterocycles. The normalized spacial score (nSPS) is 15.7. The van der Waals surface area contributed by atoms with Crippen molar-refractivity contribution in [1.82, 2.24) is 0 Å². The van der Waals surface area contributed by atoms with E-state index in [0.717, 1.165) is 0 Å². The highest BCUT2D eigenvalue weighted by Gasteiger charge is 2.30. The van der Waals surface area contributed by atoms with Gasteiger partial charge in [-0.1, -0.05) is 161 Å². The largest absolute Gasteiger partial charge is 0.289 e. The zero-order valence-corrected chi connectivity index (χ0v) is 27.0. The van der Waals surface area contributed by atoms with Crippen LogP contribution < -0.4 is 4.06 Å². The average molecular weight is 611 g/mol. The Morgan fingerprint density at radius 1 is 0.529 bits per heavy atom. The first-order chi connectivity index (χ1) is 16.7. The van der Waals surface area contributed by atoms with Crippen LogP contribution in [0.15, 0.2) is 30.2 Å². The summed E-state index contributed by atoms with van der Waals surface area (Å²) in [5.74, 6) is 2.49. The van der Waals surface area contributed by atoms with E-state index in [9.17, 15) is 4.79 Å². The molecule has 34 heavy (non-hydrogen) atoms. The molecular weight excluding hydrogens is 573 g/mol. The van der Waals surface area contributed by atoms with Crippen LogP contribution in [0, 0.1) is 0 Å². The maximum atomic E-state index is 11.7. The van der Waals surface area contributed by atoms with E-state index in [2.05, 4.69) is 37.4 Å². The van der Waals surface area contributed by atoms with Gasteiger partial charge in [-0.15, -0.1) is 23.5 Å². The van der Waals surface area contributed by atoms with Crippen molar-refractivity contribution in [1.29, 1.82) is 0 Å². The van der Waals surface area contributed by atoms with Gasteiger partial charge in [0.05, 0.1) is 25.4 Å². The predicted molar refractivity (Wildman–Crippen MR) is 170 cm³/mol. The number of unbranched alkanes of at least 4 members (excludes halogenated alkanes) is 12. The van der Waals surface area contributed by atoms with Gasteiger partial charge < -0.3 is 0 Å². The Hall–Kier alpha value is 1.43. The molecule has 0 atom stereocenters. The van der Waals surface area contributed by atoms with Crippen molar-refractivity contribution in [3.63, 3.8) is 0 Å². The van der Waals surface area contributed by atoms with E-state index in [1.54, 1.807) is 0 Å². The Kier molecular flexibility index (Phi) is 15.7. The van der Waals surface area contributed by atoms with Gasteiger partial charge in [-0.25, -0.2) is 0 Å². The highest BCUT2D eigenvalue weighted by molar-refractivity contribution is 8.42. The molecule has 2 aliphatic heterocycles. The predicted octanol–water partition coefficient (Wildman–Crippen LogP) is 12.1. The van der Waals surface area contributed by atoms with E-state index in [-0.39, 0.29) is 4.06 Å². The summed E-state index contributed by atoms with van der Waals surface area (Å²) in [7, 11) is 0. The van der Waals surface area contributed by atoms with E-state index in [1.807, 2.05) is 47.0 Å². The Labute approximate surface area is 240 Å². The van der Waals surface area contributed by atoms with Gasteiger partial charge in [0.2, 0.25) is 0 Å². The van der Waals surface area contributed by atoms with Crippen molar-refractivity contribution in [3.8, 4) is 0 Å². The number of hydrogen-bond donors (Lipinski definition) is 0. The van der Waals surface area contributed by atoms with Gasteiger partial charge in [0.25, 0.3) is 4.06 Å². The zero-order chi connectivity index (χ0) is 24.0. The molecule has 0 aliphatic carbocycles. The third-order valence-electron chi connectivity index (χ3n) is 5.56. The Morgan fingerprint density at radius 2 is 0.912 bits per heavy atom. The van der Waals surface area contributed by atoms with Crippen LogP contribution in [0.1, 0.15) is 104 Å². The maximum absolute atomic E-state index is 11.7. The minimum absolute atomic E-state index is 0.232.